The van der Waals surface area contributed by atoms with Gasteiger partial charge in [-0.15, -0.1) is 11.3 Å². The van der Waals surface area contributed by atoms with Gasteiger partial charge in [-0.1, -0.05) is 23.2 Å². The Morgan fingerprint density at radius 1 is 1.37 bits per heavy atom. The molecule has 0 aliphatic heterocycles. The molecular weight excluding hydrogens is 307 g/mol. The first-order valence-electron chi connectivity index (χ1n) is 5.37. The van der Waals surface area contributed by atoms with Gasteiger partial charge in [-0.3, -0.25) is 4.40 Å². The van der Waals surface area contributed by atoms with Crippen LogP contribution in [0.15, 0.2) is 29.8 Å². The van der Waals surface area contributed by atoms with Crippen molar-refractivity contribution in [1.82, 2.24) is 9.38 Å². The lowest BCUT2D eigenvalue weighted by Gasteiger charge is -2.06. The number of aliphatic hydroxyl groups excluding tert-OH is 1. The molecule has 19 heavy (non-hydrogen) atoms. The number of aliphatic hydroxyl groups is 1. The van der Waals surface area contributed by atoms with Crippen molar-refractivity contribution in [1.29, 1.82) is 0 Å². The molecule has 0 saturated carbocycles. The molecule has 0 atom stereocenters. The molecular formula is C12H8Cl2N2O2S. The highest BCUT2D eigenvalue weighted by molar-refractivity contribution is 7.15. The molecule has 0 amide bonds. The number of halogens is 2. The van der Waals surface area contributed by atoms with E-state index in [1.807, 2.05) is 11.6 Å². The van der Waals surface area contributed by atoms with Gasteiger partial charge in [0.2, 0.25) is 5.88 Å². The molecule has 4 nitrogen and oxygen atoms in total. The third kappa shape index (κ3) is 2.30. The van der Waals surface area contributed by atoms with Crippen molar-refractivity contribution < 1.29 is 9.84 Å². The number of nitrogens with zero attached hydrogens (tertiary/aromatic N) is 2. The predicted octanol–water partition coefficient (Wildman–Crippen LogP) is 3.99. The van der Waals surface area contributed by atoms with Gasteiger partial charge in [-0.2, -0.15) is 4.98 Å². The Kier molecular flexibility index (Phi) is 3.36. The summed E-state index contributed by atoms with van der Waals surface area (Å²) < 4.78 is 7.44. The molecule has 0 aliphatic rings. The third-order valence-electron chi connectivity index (χ3n) is 2.57. The van der Waals surface area contributed by atoms with E-state index in [2.05, 4.69) is 4.98 Å². The lowest BCUT2D eigenvalue weighted by atomic mass is 10.3. The van der Waals surface area contributed by atoms with Gasteiger partial charge in [-0.25, -0.2) is 0 Å². The van der Waals surface area contributed by atoms with E-state index in [9.17, 15) is 5.11 Å². The maximum absolute atomic E-state index is 9.42. The van der Waals surface area contributed by atoms with Crippen LogP contribution in [0.3, 0.4) is 0 Å². The number of rotatable bonds is 3. The number of ether oxygens (including phenoxy) is 1. The maximum Gasteiger partial charge on any atom is 0.244 e. The number of thiazole rings is 1. The number of hydrogen-bond acceptors (Lipinski definition) is 4. The Morgan fingerprint density at radius 2 is 2.21 bits per heavy atom. The molecule has 98 valence electrons. The van der Waals surface area contributed by atoms with Crippen molar-refractivity contribution in [2.45, 2.75) is 6.61 Å². The van der Waals surface area contributed by atoms with E-state index in [1.54, 1.807) is 22.6 Å². The molecule has 0 unspecified atom stereocenters. The van der Waals surface area contributed by atoms with Crippen molar-refractivity contribution in [3.8, 4) is 11.6 Å². The summed E-state index contributed by atoms with van der Waals surface area (Å²) in [4.78, 5) is 5.06. The first-order valence-corrected chi connectivity index (χ1v) is 7.01. The maximum atomic E-state index is 9.42. The third-order valence-corrected chi connectivity index (χ3v) is 3.86. The second-order valence-corrected chi connectivity index (χ2v) is 5.47. The lowest BCUT2D eigenvalue weighted by Crippen LogP contribution is -1.94. The van der Waals surface area contributed by atoms with Crippen LogP contribution in [0.4, 0.5) is 0 Å². The summed E-state index contributed by atoms with van der Waals surface area (Å²) in [5.74, 6) is 0.796. The van der Waals surface area contributed by atoms with Gasteiger partial charge in [0.15, 0.2) is 4.96 Å². The van der Waals surface area contributed by atoms with Crippen molar-refractivity contribution in [3.05, 3.63) is 45.5 Å². The van der Waals surface area contributed by atoms with E-state index in [1.165, 1.54) is 11.3 Å². The Balaban J connectivity index is 2.02. The van der Waals surface area contributed by atoms with Crippen LogP contribution in [0, 0.1) is 0 Å². The van der Waals surface area contributed by atoms with Gasteiger partial charge in [0.05, 0.1) is 11.6 Å². The molecule has 0 aliphatic carbocycles. The minimum Gasteiger partial charge on any atom is -0.436 e. The monoisotopic (exact) mass is 314 g/mol. The summed E-state index contributed by atoms with van der Waals surface area (Å²) in [5.41, 5.74) is 0.585. The highest BCUT2D eigenvalue weighted by Gasteiger charge is 2.15. The molecule has 0 bridgehead atoms. The van der Waals surface area contributed by atoms with Crippen LogP contribution in [0.2, 0.25) is 10.0 Å². The van der Waals surface area contributed by atoms with Gasteiger partial charge in [0.1, 0.15) is 11.4 Å². The molecule has 2 heterocycles. The first-order chi connectivity index (χ1) is 9.19. The molecule has 0 fully saturated rings. The van der Waals surface area contributed by atoms with E-state index >= 15 is 0 Å². The minimum absolute atomic E-state index is 0.168. The Hall–Kier alpha value is -1.27. The average molecular weight is 315 g/mol. The standard InChI is InChI=1S/C12H8Cl2N2O2S/c13-7-1-2-10(8(14)5-7)18-11-9(6-17)16-3-4-19-12(16)15-11/h1-5,17H,6H2. The van der Waals surface area contributed by atoms with Gasteiger partial charge < -0.3 is 9.84 Å². The van der Waals surface area contributed by atoms with Crippen LogP contribution in [0.25, 0.3) is 4.96 Å². The van der Waals surface area contributed by atoms with E-state index < -0.39 is 0 Å². The van der Waals surface area contributed by atoms with Gasteiger partial charge >= 0.3 is 0 Å². The molecule has 0 radical (unpaired) electrons. The van der Waals surface area contributed by atoms with Gasteiger partial charge in [0.25, 0.3) is 0 Å². The summed E-state index contributed by atoms with van der Waals surface area (Å²) in [7, 11) is 0. The molecule has 0 spiro atoms. The summed E-state index contributed by atoms with van der Waals surface area (Å²) in [6, 6.07) is 4.94. The second kappa shape index (κ2) is 5.02. The summed E-state index contributed by atoms with van der Waals surface area (Å²) in [6.45, 7) is -0.168. The van der Waals surface area contributed by atoms with Crippen molar-refractivity contribution in [2.75, 3.05) is 0 Å². The zero-order valence-electron chi connectivity index (χ0n) is 9.51. The van der Waals surface area contributed by atoms with Crippen LogP contribution < -0.4 is 4.74 Å². The zero-order valence-corrected chi connectivity index (χ0v) is 11.8. The molecule has 1 N–H and O–H groups in total. The van der Waals surface area contributed by atoms with Crippen molar-refractivity contribution >= 4 is 39.5 Å². The second-order valence-electron chi connectivity index (χ2n) is 3.75. The highest BCUT2D eigenvalue weighted by atomic mass is 35.5. The molecule has 0 saturated heterocycles. The van der Waals surface area contributed by atoms with Crippen LogP contribution in [-0.4, -0.2) is 14.5 Å². The zero-order chi connectivity index (χ0) is 13.4. The SMILES string of the molecule is OCc1c(Oc2ccc(Cl)cc2Cl)nc2sccn12. The number of aromatic nitrogens is 2. The lowest BCUT2D eigenvalue weighted by molar-refractivity contribution is 0.270. The fourth-order valence-corrected chi connectivity index (χ4v) is 2.87. The van der Waals surface area contributed by atoms with Crippen molar-refractivity contribution in [2.24, 2.45) is 0 Å². The van der Waals surface area contributed by atoms with Crippen LogP contribution in [-0.2, 0) is 6.61 Å². The van der Waals surface area contributed by atoms with E-state index in [0.29, 0.717) is 27.4 Å². The van der Waals surface area contributed by atoms with Crippen molar-refractivity contribution in [3.63, 3.8) is 0 Å². The van der Waals surface area contributed by atoms with Gasteiger partial charge in [-0.05, 0) is 18.2 Å². The minimum atomic E-state index is -0.168. The van der Waals surface area contributed by atoms with E-state index in [0.717, 1.165) is 4.96 Å². The Labute approximate surface area is 122 Å². The van der Waals surface area contributed by atoms with Crippen LogP contribution in [0.5, 0.6) is 11.6 Å². The molecule has 3 aromatic rings. The molecule has 1 aromatic carbocycles. The van der Waals surface area contributed by atoms with Crippen LogP contribution >= 0.6 is 34.5 Å². The summed E-state index contributed by atoms with van der Waals surface area (Å²) in [6.07, 6.45) is 1.83. The smallest absolute Gasteiger partial charge is 0.244 e. The number of imidazole rings is 1. The quantitative estimate of drug-likeness (QED) is 0.795. The molecule has 7 heteroatoms. The Morgan fingerprint density at radius 3 is 2.95 bits per heavy atom. The average Bonchev–Trinajstić information content (AvgIpc) is 2.92. The number of benzene rings is 1. The largest absolute Gasteiger partial charge is 0.436 e. The Bertz CT molecular complexity index is 738. The number of fused-ring (bicyclic) bond motifs is 1. The predicted molar refractivity (Wildman–Crippen MR) is 75.5 cm³/mol. The van der Waals surface area contributed by atoms with Crippen LogP contribution in [0.1, 0.15) is 5.69 Å². The summed E-state index contributed by atoms with van der Waals surface area (Å²) in [5, 5.41) is 12.2. The fourth-order valence-electron chi connectivity index (χ4n) is 1.70. The normalized spacial score (nSPS) is 11.1. The molecule has 3 rings (SSSR count). The summed E-state index contributed by atoms with van der Waals surface area (Å²) >= 11 is 13.3. The highest BCUT2D eigenvalue weighted by Crippen LogP contribution is 2.33. The first kappa shape index (κ1) is 12.7. The van der Waals surface area contributed by atoms with E-state index in [-0.39, 0.29) is 6.61 Å². The number of hydrogen-bond donors (Lipinski definition) is 1. The van der Waals surface area contributed by atoms with E-state index in [4.69, 9.17) is 27.9 Å². The molecule has 2 aromatic heterocycles. The fraction of sp³-hybridized carbons (Fsp3) is 0.0833. The van der Waals surface area contributed by atoms with Gasteiger partial charge in [0, 0.05) is 16.6 Å². The topological polar surface area (TPSA) is 46.8 Å².